The van der Waals surface area contributed by atoms with Crippen LogP contribution < -0.4 is 0 Å². The molecule has 0 amide bonds. The van der Waals surface area contributed by atoms with Crippen molar-refractivity contribution in [3.63, 3.8) is 0 Å². The van der Waals surface area contributed by atoms with E-state index >= 15 is 0 Å². The van der Waals surface area contributed by atoms with Crippen LogP contribution >= 0.6 is 11.8 Å². The highest BCUT2D eigenvalue weighted by Crippen LogP contribution is 2.24. The highest BCUT2D eigenvalue weighted by Gasteiger charge is 2.32. The summed E-state index contributed by atoms with van der Waals surface area (Å²) in [6.45, 7) is 9.52. The van der Waals surface area contributed by atoms with Crippen molar-refractivity contribution in [2.24, 2.45) is 5.41 Å². The average molecular weight is 333 g/mol. The fourth-order valence-electron chi connectivity index (χ4n) is 1.89. The van der Waals surface area contributed by atoms with Crippen molar-refractivity contribution in [3.8, 4) is 0 Å². The van der Waals surface area contributed by atoms with Crippen molar-refractivity contribution >= 4 is 23.3 Å². The van der Waals surface area contributed by atoms with Crippen LogP contribution in [0.25, 0.3) is 0 Å². The first-order chi connectivity index (χ1) is 9.99. The molecule has 0 radical (unpaired) electrons. The fourth-order valence-corrected chi connectivity index (χ4v) is 2.79. The maximum absolute atomic E-state index is 11.8. The van der Waals surface area contributed by atoms with E-state index in [0.29, 0.717) is 19.3 Å². The number of aliphatic hydroxyl groups excluding tert-OH is 2. The van der Waals surface area contributed by atoms with Gasteiger partial charge >= 0.3 is 0 Å². The third-order valence-corrected chi connectivity index (χ3v) is 4.83. The zero-order valence-electron chi connectivity index (χ0n) is 14.6. The molecule has 0 rings (SSSR count). The molecule has 22 heavy (non-hydrogen) atoms. The molecule has 4 nitrogen and oxygen atoms in total. The maximum Gasteiger partial charge on any atom is 0.161 e. The Labute approximate surface area is 139 Å². The second kappa shape index (κ2) is 9.68. The highest BCUT2D eigenvalue weighted by atomic mass is 32.2. The molecular weight excluding hydrogens is 300 g/mol. The van der Waals surface area contributed by atoms with Crippen LogP contribution in [0.15, 0.2) is 0 Å². The molecule has 5 heteroatoms. The number of hydrogen-bond donors (Lipinski definition) is 2. The van der Waals surface area contributed by atoms with Gasteiger partial charge in [-0.05, 0) is 18.6 Å². The molecule has 0 aromatic heterocycles. The molecule has 0 fully saturated rings. The third-order valence-electron chi connectivity index (χ3n) is 3.47. The summed E-state index contributed by atoms with van der Waals surface area (Å²) in [4.78, 5) is 23.6. The van der Waals surface area contributed by atoms with Crippen molar-refractivity contribution < 1.29 is 19.8 Å². The number of ketones is 2. The summed E-state index contributed by atoms with van der Waals surface area (Å²) >= 11 is 1.85. The molecule has 0 aliphatic carbocycles. The largest absolute Gasteiger partial charge is 0.396 e. The van der Waals surface area contributed by atoms with Gasteiger partial charge in [-0.25, -0.2) is 0 Å². The van der Waals surface area contributed by atoms with E-state index in [4.69, 9.17) is 5.11 Å². The number of carbonyl (C=O) groups excluding carboxylic acids is 2. The van der Waals surface area contributed by atoms with Gasteiger partial charge in [-0.2, -0.15) is 11.8 Å². The summed E-state index contributed by atoms with van der Waals surface area (Å²) in [5.41, 5.74) is -0.828. The smallest absolute Gasteiger partial charge is 0.161 e. The van der Waals surface area contributed by atoms with Crippen LogP contribution in [0.3, 0.4) is 0 Å². The second-order valence-electron chi connectivity index (χ2n) is 7.47. The molecule has 0 aromatic carbocycles. The first-order valence-electron chi connectivity index (χ1n) is 7.97. The normalized spacial score (nSPS) is 14.0. The molecule has 0 heterocycles. The van der Waals surface area contributed by atoms with E-state index in [-0.39, 0.29) is 29.3 Å². The number of thioether (sulfide) groups is 1. The Morgan fingerprint density at radius 1 is 1.00 bits per heavy atom. The van der Waals surface area contributed by atoms with E-state index < -0.39 is 11.5 Å². The van der Waals surface area contributed by atoms with Gasteiger partial charge in [0.1, 0.15) is 11.9 Å². The molecule has 0 aromatic rings. The van der Waals surface area contributed by atoms with Gasteiger partial charge < -0.3 is 10.2 Å². The van der Waals surface area contributed by atoms with Crippen LogP contribution in [-0.2, 0) is 9.59 Å². The van der Waals surface area contributed by atoms with Crippen molar-refractivity contribution in [1.82, 2.24) is 0 Å². The van der Waals surface area contributed by atoms with E-state index in [2.05, 4.69) is 20.8 Å². The predicted octanol–water partition coefficient (Wildman–Crippen LogP) is 2.99. The second-order valence-corrected chi connectivity index (χ2v) is 9.39. The summed E-state index contributed by atoms with van der Waals surface area (Å²) in [5.74, 6) is 0.853. The van der Waals surface area contributed by atoms with Gasteiger partial charge in [0, 0.05) is 29.4 Å². The van der Waals surface area contributed by atoms with E-state index in [0.717, 1.165) is 12.2 Å². The lowest BCUT2D eigenvalue weighted by atomic mass is 9.84. The Morgan fingerprint density at radius 2 is 1.55 bits per heavy atom. The Bertz CT molecular complexity index is 358. The summed E-state index contributed by atoms with van der Waals surface area (Å²) in [6.07, 6.45) is 1.31. The fraction of sp³-hybridized carbons (Fsp3) is 0.882. The molecule has 0 bridgehead atoms. The topological polar surface area (TPSA) is 74.6 Å². The summed E-state index contributed by atoms with van der Waals surface area (Å²) in [7, 11) is 0. The number of Topliss-reactive ketones (excluding diaryl/α,β-unsaturated/α-hetero) is 2. The molecule has 0 aliphatic heterocycles. The van der Waals surface area contributed by atoms with Gasteiger partial charge in [0.05, 0.1) is 6.61 Å². The van der Waals surface area contributed by atoms with Crippen LogP contribution in [0.1, 0.15) is 66.7 Å². The van der Waals surface area contributed by atoms with Crippen LogP contribution in [0, 0.1) is 5.41 Å². The van der Waals surface area contributed by atoms with Crippen LogP contribution in [0.4, 0.5) is 0 Å². The van der Waals surface area contributed by atoms with Gasteiger partial charge in [-0.3, -0.25) is 9.59 Å². The number of rotatable bonds is 11. The summed E-state index contributed by atoms with van der Waals surface area (Å²) in [6, 6.07) is 0. The molecule has 0 unspecified atom stereocenters. The first kappa shape index (κ1) is 21.6. The minimum absolute atomic E-state index is 0.179. The molecule has 1 atom stereocenters. The minimum Gasteiger partial charge on any atom is -0.396 e. The molecule has 0 aliphatic rings. The van der Waals surface area contributed by atoms with Gasteiger partial charge in [0.25, 0.3) is 0 Å². The average Bonchev–Trinajstić information content (AvgIpc) is 2.41. The summed E-state index contributed by atoms with van der Waals surface area (Å²) in [5, 5.41) is 19.0. The van der Waals surface area contributed by atoms with E-state index in [9.17, 15) is 14.7 Å². The van der Waals surface area contributed by atoms with Gasteiger partial charge in [0.2, 0.25) is 0 Å². The Kier molecular flexibility index (Phi) is 9.51. The SMILES string of the molecule is CC(C)(C)SCCCC(=O)CCCC(=O)[C@H](O)C(C)(C)CO. The zero-order chi connectivity index (χ0) is 17.4. The van der Waals surface area contributed by atoms with Gasteiger partial charge in [0.15, 0.2) is 5.78 Å². The van der Waals surface area contributed by atoms with Crippen molar-refractivity contribution in [2.45, 2.75) is 77.6 Å². The third kappa shape index (κ3) is 9.59. The van der Waals surface area contributed by atoms with Gasteiger partial charge in [-0.15, -0.1) is 0 Å². The quantitative estimate of drug-likeness (QED) is 0.569. The number of aliphatic hydroxyl groups is 2. The lowest BCUT2D eigenvalue weighted by Crippen LogP contribution is -2.39. The summed E-state index contributed by atoms with van der Waals surface area (Å²) < 4.78 is 0.227. The van der Waals surface area contributed by atoms with Crippen LogP contribution in [-0.4, -0.2) is 45.0 Å². The van der Waals surface area contributed by atoms with Gasteiger partial charge in [-0.1, -0.05) is 34.6 Å². The lowest BCUT2D eigenvalue weighted by molar-refractivity contribution is -0.135. The first-order valence-corrected chi connectivity index (χ1v) is 8.95. The monoisotopic (exact) mass is 332 g/mol. The van der Waals surface area contributed by atoms with Crippen LogP contribution in [0.2, 0.25) is 0 Å². The lowest BCUT2D eigenvalue weighted by Gasteiger charge is -2.26. The Morgan fingerprint density at radius 3 is 2.05 bits per heavy atom. The zero-order valence-corrected chi connectivity index (χ0v) is 15.5. The van der Waals surface area contributed by atoms with E-state index in [1.54, 1.807) is 13.8 Å². The van der Waals surface area contributed by atoms with Crippen molar-refractivity contribution in [3.05, 3.63) is 0 Å². The maximum atomic E-state index is 11.8. The number of carbonyl (C=O) groups is 2. The highest BCUT2D eigenvalue weighted by molar-refractivity contribution is 8.00. The molecule has 2 N–H and O–H groups in total. The predicted molar refractivity (Wildman–Crippen MR) is 92.2 cm³/mol. The van der Waals surface area contributed by atoms with Crippen molar-refractivity contribution in [1.29, 1.82) is 0 Å². The minimum atomic E-state index is -1.17. The molecule has 0 saturated carbocycles. The Balaban J connectivity index is 3.87. The van der Waals surface area contributed by atoms with E-state index in [1.807, 2.05) is 11.8 Å². The molecule has 0 saturated heterocycles. The van der Waals surface area contributed by atoms with E-state index in [1.165, 1.54) is 0 Å². The van der Waals surface area contributed by atoms with Crippen LogP contribution in [0.5, 0.6) is 0 Å². The molecule has 0 spiro atoms. The Hall–Kier alpha value is -0.390. The molecule has 130 valence electrons. The number of hydrogen-bond acceptors (Lipinski definition) is 5. The standard InChI is InChI=1S/C17H32O4S/c1-16(2,3)22-11-7-9-13(19)8-6-10-14(20)15(21)17(4,5)12-18/h15,18,21H,6-12H2,1-5H3/t15-/m0/s1. The van der Waals surface area contributed by atoms with Crippen molar-refractivity contribution in [2.75, 3.05) is 12.4 Å². The molecular formula is C17H32O4S.